The predicted octanol–water partition coefficient (Wildman–Crippen LogP) is 2.04. The normalized spacial score (nSPS) is 19.7. The lowest BCUT2D eigenvalue weighted by molar-refractivity contribution is -0.136. The molecule has 1 saturated heterocycles. The summed E-state index contributed by atoms with van der Waals surface area (Å²) < 4.78 is 2.25. The molecule has 2 amide bonds. The molecular formula is C21H27N5O2. The van der Waals surface area contributed by atoms with E-state index >= 15 is 0 Å². The maximum atomic E-state index is 12.3. The second-order valence-corrected chi connectivity index (χ2v) is 7.79. The maximum absolute atomic E-state index is 12.3. The highest BCUT2D eigenvalue weighted by Crippen LogP contribution is 2.26. The average molecular weight is 381 g/mol. The zero-order valence-corrected chi connectivity index (χ0v) is 16.3. The molecule has 148 valence electrons. The average Bonchev–Trinajstić information content (AvgIpc) is 3.12. The van der Waals surface area contributed by atoms with Gasteiger partial charge in [0.1, 0.15) is 5.82 Å². The number of rotatable bonds is 3. The van der Waals surface area contributed by atoms with E-state index in [0.717, 1.165) is 56.7 Å². The van der Waals surface area contributed by atoms with Gasteiger partial charge in [0.2, 0.25) is 0 Å². The lowest BCUT2D eigenvalue weighted by Crippen LogP contribution is -2.49. The number of carbonyl (C=O) groups is 2. The zero-order valence-electron chi connectivity index (χ0n) is 16.3. The first kappa shape index (κ1) is 18.7. The van der Waals surface area contributed by atoms with Gasteiger partial charge in [0, 0.05) is 42.3 Å². The number of fused-ring (bicyclic) bond motifs is 1. The summed E-state index contributed by atoms with van der Waals surface area (Å²) in [5, 5.41) is 5.57. The van der Waals surface area contributed by atoms with Crippen LogP contribution in [0.3, 0.4) is 0 Å². The number of likely N-dealkylation sites (N-methyl/N-ethyl adjacent to an activating group) is 1. The Hall–Kier alpha value is -2.67. The van der Waals surface area contributed by atoms with Crippen molar-refractivity contribution in [2.24, 2.45) is 0 Å². The van der Waals surface area contributed by atoms with Crippen LogP contribution in [0.25, 0.3) is 11.4 Å². The molecular weight excluding hydrogens is 354 g/mol. The smallest absolute Gasteiger partial charge is 0.313 e. The van der Waals surface area contributed by atoms with Crippen LogP contribution in [0.1, 0.15) is 31.4 Å². The summed E-state index contributed by atoms with van der Waals surface area (Å²) in [6.45, 7) is 2.78. The van der Waals surface area contributed by atoms with Crippen LogP contribution in [0.2, 0.25) is 0 Å². The van der Waals surface area contributed by atoms with Crippen LogP contribution in [0.15, 0.2) is 30.5 Å². The van der Waals surface area contributed by atoms with E-state index in [1.54, 1.807) is 6.07 Å². The Labute approximate surface area is 165 Å². The van der Waals surface area contributed by atoms with Crippen LogP contribution in [0.5, 0.6) is 0 Å². The lowest BCUT2D eigenvalue weighted by Gasteiger charge is -2.29. The molecule has 1 aromatic heterocycles. The number of benzene rings is 1. The quantitative estimate of drug-likeness (QED) is 0.798. The van der Waals surface area contributed by atoms with Crippen LogP contribution < -0.4 is 10.6 Å². The van der Waals surface area contributed by atoms with Gasteiger partial charge in [-0.3, -0.25) is 9.59 Å². The fraction of sp³-hybridized carbons (Fsp3) is 0.476. The van der Waals surface area contributed by atoms with Crippen LogP contribution >= 0.6 is 0 Å². The fourth-order valence-electron chi connectivity index (χ4n) is 4.13. The number of hydrogen-bond donors (Lipinski definition) is 2. The van der Waals surface area contributed by atoms with Crippen molar-refractivity contribution in [1.82, 2.24) is 19.8 Å². The summed E-state index contributed by atoms with van der Waals surface area (Å²) in [5.74, 6) is -0.292. The van der Waals surface area contributed by atoms with Crippen molar-refractivity contribution >= 4 is 17.5 Å². The van der Waals surface area contributed by atoms with E-state index in [1.807, 2.05) is 31.4 Å². The van der Waals surface area contributed by atoms with Gasteiger partial charge in [0.25, 0.3) is 0 Å². The van der Waals surface area contributed by atoms with Crippen molar-refractivity contribution in [2.75, 3.05) is 25.5 Å². The molecule has 1 aromatic carbocycles. The molecule has 0 spiro atoms. The summed E-state index contributed by atoms with van der Waals surface area (Å²) in [5.41, 5.74) is 2.80. The Morgan fingerprint density at radius 2 is 2.04 bits per heavy atom. The third-order valence-corrected chi connectivity index (χ3v) is 5.55. The monoisotopic (exact) mass is 381 g/mol. The van der Waals surface area contributed by atoms with E-state index in [2.05, 4.69) is 25.1 Å². The molecule has 1 fully saturated rings. The van der Waals surface area contributed by atoms with Crippen molar-refractivity contribution < 1.29 is 9.59 Å². The van der Waals surface area contributed by atoms with Gasteiger partial charge in [-0.15, -0.1) is 0 Å². The third-order valence-electron chi connectivity index (χ3n) is 5.55. The van der Waals surface area contributed by atoms with Crippen molar-refractivity contribution in [1.29, 1.82) is 0 Å². The Bertz CT molecular complexity index is 875. The number of carbonyl (C=O) groups excluding carboxylic acids is 2. The highest BCUT2D eigenvalue weighted by Gasteiger charge is 2.23. The Balaban J connectivity index is 1.42. The molecule has 0 radical (unpaired) electrons. The number of nitrogens with zero attached hydrogens (tertiary/aromatic N) is 3. The molecule has 28 heavy (non-hydrogen) atoms. The molecule has 2 aromatic rings. The number of anilines is 1. The molecule has 2 aliphatic rings. The molecule has 2 N–H and O–H groups in total. The number of aromatic nitrogens is 2. The van der Waals surface area contributed by atoms with Gasteiger partial charge < -0.3 is 20.1 Å². The SMILES string of the molecule is CN1CCCC(NC(=O)C(=O)Nc2cccc(-c3ncc4n3CCCC4)c2)C1. The number of imidazole rings is 1. The highest BCUT2D eigenvalue weighted by atomic mass is 16.2. The number of amides is 2. The minimum atomic E-state index is -0.629. The molecule has 1 unspecified atom stereocenters. The number of likely N-dealkylation sites (tertiary alicyclic amines) is 1. The number of aryl methyl sites for hydroxylation is 1. The van der Waals surface area contributed by atoms with E-state index in [4.69, 9.17) is 0 Å². The molecule has 1 atom stereocenters. The Morgan fingerprint density at radius 3 is 2.89 bits per heavy atom. The minimum Gasteiger partial charge on any atom is -0.344 e. The lowest BCUT2D eigenvalue weighted by atomic mass is 10.1. The minimum absolute atomic E-state index is 0.0276. The summed E-state index contributed by atoms with van der Waals surface area (Å²) >= 11 is 0. The largest absolute Gasteiger partial charge is 0.344 e. The third kappa shape index (κ3) is 4.09. The van der Waals surface area contributed by atoms with Gasteiger partial charge in [0.15, 0.2) is 0 Å². The Morgan fingerprint density at radius 1 is 1.14 bits per heavy atom. The van der Waals surface area contributed by atoms with E-state index < -0.39 is 11.8 Å². The van der Waals surface area contributed by atoms with Crippen molar-refractivity contribution in [2.45, 2.75) is 44.7 Å². The van der Waals surface area contributed by atoms with Crippen LogP contribution in [-0.2, 0) is 22.6 Å². The first-order valence-electron chi connectivity index (χ1n) is 10.1. The first-order valence-corrected chi connectivity index (χ1v) is 10.1. The zero-order chi connectivity index (χ0) is 19.5. The molecule has 7 heteroatoms. The number of hydrogen-bond acceptors (Lipinski definition) is 4. The van der Waals surface area contributed by atoms with Gasteiger partial charge in [-0.2, -0.15) is 0 Å². The molecule has 4 rings (SSSR count). The Kier molecular flexibility index (Phi) is 5.43. The maximum Gasteiger partial charge on any atom is 0.313 e. The van der Waals surface area contributed by atoms with E-state index in [-0.39, 0.29) is 6.04 Å². The van der Waals surface area contributed by atoms with Crippen molar-refractivity contribution in [3.8, 4) is 11.4 Å². The predicted molar refractivity (Wildman–Crippen MR) is 108 cm³/mol. The number of piperidine rings is 1. The summed E-state index contributed by atoms with van der Waals surface area (Å²) in [6, 6.07) is 7.56. The van der Waals surface area contributed by atoms with E-state index in [9.17, 15) is 9.59 Å². The summed E-state index contributed by atoms with van der Waals surface area (Å²) in [7, 11) is 2.03. The van der Waals surface area contributed by atoms with E-state index in [1.165, 1.54) is 12.1 Å². The van der Waals surface area contributed by atoms with Gasteiger partial charge in [0.05, 0.1) is 0 Å². The fourth-order valence-corrected chi connectivity index (χ4v) is 4.13. The highest BCUT2D eigenvalue weighted by molar-refractivity contribution is 6.39. The van der Waals surface area contributed by atoms with Gasteiger partial charge in [-0.25, -0.2) is 4.98 Å². The molecule has 0 saturated carbocycles. The van der Waals surface area contributed by atoms with Crippen LogP contribution in [0.4, 0.5) is 5.69 Å². The summed E-state index contributed by atoms with van der Waals surface area (Å²) in [6.07, 6.45) is 7.29. The van der Waals surface area contributed by atoms with Crippen LogP contribution in [0, 0.1) is 0 Å². The van der Waals surface area contributed by atoms with Gasteiger partial charge >= 0.3 is 11.8 Å². The standard InChI is InChI=1S/C21H27N5O2/c1-25-10-5-8-17(14-25)24-21(28)20(27)23-16-7-4-6-15(12-16)19-22-13-18-9-2-3-11-26(18)19/h4,6-7,12-13,17H,2-3,5,8-11,14H2,1H3,(H,23,27)(H,24,28). The number of nitrogens with one attached hydrogen (secondary N) is 2. The van der Waals surface area contributed by atoms with Gasteiger partial charge in [-0.1, -0.05) is 12.1 Å². The van der Waals surface area contributed by atoms with Crippen molar-refractivity contribution in [3.63, 3.8) is 0 Å². The first-order chi connectivity index (χ1) is 13.6. The van der Waals surface area contributed by atoms with Gasteiger partial charge in [-0.05, 0) is 57.8 Å². The molecule has 2 aliphatic heterocycles. The van der Waals surface area contributed by atoms with E-state index in [0.29, 0.717) is 5.69 Å². The summed E-state index contributed by atoms with van der Waals surface area (Å²) in [4.78, 5) is 31.4. The second kappa shape index (κ2) is 8.14. The van der Waals surface area contributed by atoms with Crippen molar-refractivity contribution in [3.05, 3.63) is 36.2 Å². The van der Waals surface area contributed by atoms with Crippen LogP contribution in [-0.4, -0.2) is 52.4 Å². The second-order valence-electron chi connectivity index (χ2n) is 7.79. The molecule has 0 aliphatic carbocycles. The molecule has 0 bridgehead atoms. The molecule has 3 heterocycles. The molecule has 7 nitrogen and oxygen atoms in total. The topological polar surface area (TPSA) is 79.3 Å².